The fourth-order valence-corrected chi connectivity index (χ4v) is 5.52. The van der Waals surface area contributed by atoms with Crippen molar-refractivity contribution >= 4 is 17.7 Å². The third-order valence-corrected chi connectivity index (χ3v) is 7.59. The van der Waals surface area contributed by atoms with Gasteiger partial charge >= 0.3 is 0 Å². The number of hydrogen-bond donors (Lipinski definition) is 2. The van der Waals surface area contributed by atoms with Crippen molar-refractivity contribution in [1.82, 2.24) is 15.1 Å². The number of carbonyl (C=O) groups excluding carboxylic acids is 3. The average molecular weight is 525 g/mol. The minimum absolute atomic E-state index is 0.0201. The molecule has 2 aliphatic heterocycles. The molecule has 1 spiro atoms. The Labute approximate surface area is 223 Å². The van der Waals surface area contributed by atoms with E-state index in [9.17, 15) is 18.8 Å². The van der Waals surface area contributed by atoms with E-state index in [0.717, 1.165) is 11.1 Å². The second-order valence-corrected chi connectivity index (χ2v) is 11.1. The number of ether oxygens (including phenoxy) is 1. The Kier molecular flexibility index (Phi) is 8.18. The van der Waals surface area contributed by atoms with Crippen molar-refractivity contribution in [2.45, 2.75) is 50.8 Å². The number of rotatable bonds is 8. The maximum Gasteiger partial charge on any atom is 0.247 e. The van der Waals surface area contributed by atoms with Crippen LogP contribution in [-0.4, -0.2) is 72.4 Å². The molecule has 3 N–H and O–H groups in total. The summed E-state index contributed by atoms with van der Waals surface area (Å²) in [6, 6.07) is 14.9. The van der Waals surface area contributed by atoms with E-state index in [-0.39, 0.29) is 43.3 Å². The van der Waals surface area contributed by atoms with Crippen molar-refractivity contribution in [2.24, 2.45) is 11.1 Å². The lowest BCUT2D eigenvalue weighted by molar-refractivity contribution is -0.147. The molecule has 204 valence electrons. The van der Waals surface area contributed by atoms with E-state index in [1.165, 1.54) is 12.1 Å². The molecule has 2 saturated heterocycles. The number of halogens is 1. The van der Waals surface area contributed by atoms with Gasteiger partial charge in [-0.15, -0.1) is 0 Å². The van der Waals surface area contributed by atoms with Gasteiger partial charge in [-0.05, 0) is 49.9 Å². The first-order valence-electron chi connectivity index (χ1n) is 13.0. The molecule has 0 radical (unpaired) electrons. The van der Waals surface area contributed by atoms with Crippen LogP contribution in [0.25, 0.3) is 0 Å². The molecule has 0 bridgehead atoms. The third-order valence-electron chi connectivity index (χ3n) is 7.59. The zero-order valence-corrected chi connectivity index (χ0v) is 22.3. The van der Waals surface area contributed by atoms with Crippen molar-refractivity contribution in [2.75, 3.05) is 33.3 Å². The highest BCUT2D eigenvalue weighted by molar-refractivity contribution is 5.92. The monoisotopic (exact) mass is 524 g/mol. The van der Waals surface area contributed by atoms with Crippen LogP contribution in [0.1, 0.15) is 43.7 Å². The van der Waals surface area contributed by atoms with Crippen molar-refractivity contribution in [3.05, 3.63) is 71.5 Å². The largest absolute Gasteiger partial charge is 0.374 e. The summed E-state index contributed by atoms with van der Waals surface area (Å²) >= 11 is 0. The average Bonchev–Trinajstić information content (AvgIpc) is 3.12. The minimum atomic E-state index is -1.18. The Bertz CT molecular complexity index is 1150. The molecule has 2 aromatic rings. The zero-order chi connectivity index (χ0) is 27.5. The summed E-state index contributed by atoms with van der Waals surface area (Å²) in [6.45, 7) is 4.57. The number of likely N-dealkylation sites (tertiary alicyclic amines) is 2. The van der Waals surface area contributed by atoms with E-state index in [4.69, 9.17) is 10.5 Å². The van der Waals surface area contributed by atoms with Crippen LogP contribution in [0.4, 0.5) is 4.39 Å². The Morgan fingerprint density at radius 3 is 2.53 bits per heavy atom. The number of nitrogens with zero attached hydrogens (tertiary/aromatic N) is 2. The van der Waals surface area contributed by atoms with Gasteiger partial charge in [-0.1, -0.05) is 42.5 Å². The van der Waals surface area contributed by atoms with E-state index in [0.29, 0.717) is 25.9 Å². The van der Waals surface area contributed by atoms with Crippen molar-refractivity contribution < 1.29 is 23.5 Å². The molecule has 4 rings (SSSR count). The van der Waals surface area contributed by atoms with E-state index >= 15 is 0 Å². The van der Waals surface area contributed by atoms with Gasteiger partial charge in [0.2, 0.25) is 17.7 Å². The lowest BCUT2D eigenvalue weighted by Crippen LogP contribution is -2.60. The summed E-state index contributed by atoms with van der Waals surface area (Å²) in [5.41, 5.74) is 5.82. The molecular weight excluding hydrogens is 487 g/mol. The van der Waals surface area contributed by atoms with Crippen LogP contribution in [-0.2, 0) is 25.7 Å². The molecule has 0 saturated carbocycles. The summed E-state index contributed by atoms with van der Waals surface area (Å²) in [7, 11) is 1.76. The Morgan fingerprint density at radius 1 is 1.18 bits per heavy atom. The molecule has 3 amide bonds. The predicted octanol–water partition coefficient (Wildman–Crippen LogP) is 2.43. The number of piperidine rings is 1. The summed E-state index contributed by atoms with van der Waals surface area (Å²) in [5.74, 6) is -1.31. The van der Waals surface area contributed by atoms with Gasteiger partial charge in [0, 0.05) is 32.6 Å². The molecule has 9 heteroatoms. The van der Waals surface area contributed by atoms with Gasteiger partial charge in [0.05, 0.1) is 24.2 Å². The molecule has 38 heavy (non-hydrogen) atoms. The number of carbonyl (C=O) groups is 3. The van der Waals surface area contributed by atoms with Crippen molar-refractivity contribution in [3.8, 4) is 0 Å². The molecule has 2 fully saturated rings. The SMILES string of the molecule is CN1CC(c2ccc(F)cc2)C2(CCCN(C(=O)[C@@H](COCc3ccccc3)NC(=O)C(C)(C)N)C2)C1=O. The Balaban J connectivity index is 1.55. The molecule has 0 aromatic heterocycles. The lowest BCUT2D eigenvalue weighted by atomic mass is 9.69. The second kappa shape index (κ2) is 11.2. The first kappa shape index (κ1) is 27.7. The van der Waals surface area contributed by atoms with Crippen LogP contribution in [0.15, 0.2) is 54.6 Å². The van der Waals surface area contributed by atoms with Crippen LogP contribution >= 0.6 is 0 Å². The Hall–Kier alpha value is -3.30. The van der Waals surface area contributed by atoms with Crippen molar-refractivity contribution in [1.29, 1.82) is 0 Å². The summed E-state index contributed by atoms with van der Waals surface area (Å²) in [4.78, 5) is 43.5. The quantitative estimate of drug-likeness (QED) is 0.552. The molecule has 3 atom stereocenters. The molecule has 2 aromatic carbocycles. The highest BCUT2D eigenvalue weighted by Crippen LogP contribution is 2.49. The Morgan fingerprint density at radius 2 is 1.87 bits per heavy atom. The number of amides is 3. The highest BCUT2D eigenvalue weighted by Gasteiger charge is 2.55. The van der Waals surface area contributed by atoms with Gasteiger partial charge in [-0.25, -0.2) is 4.39 Å². The minimum Gasteiger partial charge on any atom is -0.374 e. The van der Waals surface area contributed by atoms with Crippen molar-refractivity contribution in [3.63, 3.8) is 0 Å². The van der Waals surface area contributed by atoms with E-state index in [2.05, 4.69) is 5.32 Å². The molecule has 0 aliphatic carbocycles. The molecular formula is C29H37FN4O4. The van der Waals surface area contributed by atoms with Gasteiger partial charge in [0.25, 0.3) is 0 Å². The molecule has 2 heterocycles. The summed E-state index contributed by atoms with van der Waals surface area (Å²) < 4.78 is 19.5. The molecule has 2 unspecified atom stereocenters. The van der Waals surface area contributed by atoms with E-state index in [1.54, 1.807) is 42.8 Å². The molecule has 8 nitrogen and oxygen atoms in total. The van der Waals surface area contributed by atoms with Crippen LogP contribution in [0, 0.1) is 11.2 Å². The van der Waals surface area contributed by atoms with Crippen LogP contribution < -0.4 is 11.1 Å². The summed E-state index contributed by atoms with van der Waals surface area (Å²) in [5, 5.41) is 2.77. The maximum atomic E-state index is 13.8. The number of likely N-dealkylation sites (N-methyl/N-ethyl adjacent to an activating group) is 1. The third kappa shape index (κ3) is 5.89. The standard InChI is InChI=1S/C29H37FN4O4/c1-28(2,31)26(36)32-24(18-38-17-20-8-5-4-6-9-20)25(35)34-15-7-14-29(19-34)23(16-33(3)27(29)37)21-10-12-22(30)13-11-21/h4-6,8-13,23-24H,7,14-19,31H2,1-3H3,(H,32,36)/t23?,24-,29?/m1/s1. The number of nitrogens with one attached hydrogen (secondary N) is 1. The number of benzene rings is 2. The zero-order valence-electron chi connectivity index (χ0n) is 22.3. The first-order valence-corrected chi connectivity index (χ1v) is 13.0. The van der Waals surface area contributed by atoms with Gasteiger partial charge in [0.1, 0.15) is 11.9 Å². The molecule has 2 aliphatic rings. The van der Waals surface area contributed by atoms with Gasteiger partial charge in [-0.2, -0.15) is 0 Å². The normalized spacial score (nSPS) is 22.6. The fraction of sp³-hybridized carbons (Fsp3) is 0.483. The van der Waals surface area contributed by atoms with E-state index < -0.39 is 22.9 Å². The van der Waals surface area contributed by atoms with Gasteiger partial charge in [0.15, 0.2) is 0 Å². The summed E-state index contributed by atoms with van der Waals surface area (Å²) in [6.07, 6.45) is 1.26. The second-order valence-electron chi connectivity index (χ2n) is 11.1. The number of hydrogen-bond acceptors (Lipinski definition) is 5. The van der Waals surface area contributed by atoms with Crippen LogP contribution in [0.5, 0.6) is 0 Å². The highest BCUT2D eigenvalue weighted by atomic mass is 19.1. The smallest absolute Gasteiger partial charge is 0.247 e. The maximum absolute atomic E-state index is 13.8. The van der Waals surface area contributed by atoms with Gasteiger partial charge in [-0.3, -0.25) is 14.4 Å². The van der Waals surface area contributed by atoms with Gasteiger partial charge < -0.3 is 25.6 Å². The first-order chi connectivity index (χ1) is 18.0. The number of nitrogens with two attached hydrogens (primary N) is 1. The van der Waals surface area contributed by atoms with Crippen LogP contribution in [0.3, 0.4) is 0 Å². The van der Waals surface area contributed by atoms with E-state index in [1.807, 2.05) is 30.3 Å². The lowest BCUT2D eigenvalue weighted by Gasteiger charge is -2.43. The predicted molar refractivity (Wildman–Crippen MR) is 141 cm³/mol. The fourth-order valence-electron chi connectivity index (χ4n) is 5.52. The van der Waals surface area contributed by atoms with Crippen LogP contribution in [0.2, 0.25) is 0 Å². The topological polar surface area (TPSA) is 105 Å².